The summed E-state index contributed by atoms with van der Waals surface area (Å²) in [6, 6.07) is 21.7. The van der Waals surface area contributed by atoms with Crippen LogP contribution in [0.4, 0.5) is 0 Å². The van der Waals surface area contributed by atoms with Crippen LogP contribution in [0.3, 0.4) is 0 Å². The average Bonchev–Trinajstić information content (AvgIpc) is 2.87. The Morgan fingerprint density at radius 3 is 2.42 bits per heavy atom. The molecule has 3 aromatic carbocycles. The number of ether oxygens (including phenoxy) is 3. The Kier molecular flexibility index (Phi) is 7.15. The zero-order chi connectivity index (χ0) is 23.2. The van der Waals surface area contributed by atoms with Crippen LogP contribution in [0, 0.1) is 0 Å². The molecule has 1 amide bonds. The number of rotatable bonds is 8. The van der Waals surface area contributed by atoms with Crippen LogP contribution in [-0.4, -0.2) is 45.2 Å². The molecule has 6 heteroatoms. The standard InChI is InChI=1S/C27H30N2O4/c1-31-22-11-7-10-21(14-22)27(30)28-17-24-23-16-26(33-3)25(32-2)15-20(23)12-13-29(24)18-19-8-5-4-6-9-19/h4-11,14-16,24H,12-13,17-18H2,1-3H3,(H,28,30)/t24-/m1/s1. The van der Waals surface area contributed by atoms with Gasteiger partial charge in [-0.05, 0) is 53.4 Å². The van der Waals surface area contributed by atoms with Gasteiger partial charge in [-0.25, -0.2) is 0 Å². The van der Waals surface area contributed by atoms with Gasteiger partial charge in [-0.15, -0.1) is 0 Å². The summed E-state index contributed by atoms with van der Waals surface area (Å²) < 4.78 is 16.4. The number of amides is 1. The average molecular weight is 447 g/mol. The third-order valence-electron chi connectivity index (χ3n) is 6.13. The van der Waals surface area contributed by atoms with Gasteiger partial charge in [0.25, 0.3) is 5.91 Å². The Labute approximate surface area is 195 Å². The lowest BCUT2D eigenvalue weighted by Gasteiger charge is -2.38. The fourth-order valence-corrected chi connectivity index (χ4v) is 4.38. The Bertz CT molecular complexity index is 1100. The predicted molar refractivity (Wildman–Crippen MR) is 128 cm³/mol. The first-order valence-electron chi connectivity index (χ1n) is 11.1. The highest BCUT2D eigenvalue weighted by atomic mass is 16.5. The highest BCUT2D eigenvalue weighted by molar-refractivity contribution is 5.94. The first-order valence-corrected chi connectivity index (χ1v) is 11.1. The normalized spacial score (nSPS) is 15.4. The van der Waals surface area contributed by atoms with Crippen LogP contribution >= 0.6 is 0 Å². The molecule has 0 radical (unpaired) electrons. The molecule has 0 aliphatic carbocycles. The summed E-state index contributed by atoms with van der Waals surface area (Å²) >= 11 is 0. The van der Waals surface area contributed by atoms with E-state index in [2.05, 4.69) is 40.5 Å². The van der Waals surface area contributed by atoms with Gasteiger partial charge in [-0.2, -0.15) is 0 Å². The molecule has 1 aliphatic rings. The minimum Gasteiger partial charge on any atom is -0.497 e. The number of carbonyl (C=O) groups is 1. The molecule has 1 atom stereocenters. The van der Waals surface area contributed by atoms with Gasteiger partial charge in [0.15, 0.2) is 11.5 Å². The van der Waals surface area contributed by atoms with Crippen molar-refractivity contribution in [3.05, 3.63) is 89.0 Å². The van der Waals surface area contributed by atoms with E-state index < -0.39 is 0 Å². The highest BCUT2D eigenvalue weighted by Crippen LogP contribution is 2.38. The van der Waals surface area contributed by atoms with E-state index in [0.29, 0.717) is 23.6 Å². The lowest BCUT2D eigenvalue weighted by Crippen LogP contribution is -2.41. The Hall–Kier alpha value is -3.51. The van der Waals surface area contributed by atoms with Crippen LogP contribution in [0.5, 0.6) is 17.2 Å². The Balaban J connectivity index is 1.61. The van der Waals surface area contributed by atoms with Crippen molar-refractivity contribution in [2.45, 2.75) is 19.0 Å². The van der Waals surface area contributed by atoms with Gasteiger partial charge in [-0.1, -0.05) is 36.4 Å². The third-order valence-corrected chi connectivity index (χ3v) is 6.13. The van der Waals surface area contributed by atoms with Crippen LogP contribution < -0.4 is 19.5 Å². The van der Waals surface area contributed by atoms with Crippen molar-refractivity contribution < 1.29 is 19.0 Å². The third kappa shape index (κ3) is 5.12. The smallest absolute Gasteiger partial charge is 0.251 e. The molecule has 3 aromatic rings. The number of hydrogen-bond acceptors (Lipinski definition) is 5. The predicted octanol–water partition coefficient (Wildman–Crippen LogP) is 4.24. The van der Waals surface area contributed by atoms with Gasteiger partial charge in [0.2, 0.25) is 0 Å². The van der Waals surface area contributed by atoms with Crippen molar-refractivity contribution >= 4 is 5.91 Å². The summed E-state index contributed by atoms with van der Waals surface area (Å²) in [6.45, 7) is 2.16. The number of nitrogens with one attached hydrogen (secondary N) is 1. The van der Waals surface area contributed by atoms with Crippen LogP contribution in [0.1, 0.15) is 33.1 Å². The first kappa shape index (κ1) is 22.7. The van der Waals surface area contributed by atoms with Crippen molar-refractivity contribution in [1.29, 1.82) is 0 Å². The van der Waals surface area contributed by atoms with E-state index in [0.717, 1.165) is 30.8 Å². The van der Waals surface area contributed by atoms with Crippen LogP contribution in [0.2, 0.25) is 0 Å². The largest absolute Gasteiger partial charge is 0.497 e. The summed E-state index contributed by atoms with van der Waals surface area (Å²) in [7, 11) is 4.90. The van der Waals surface area contributed by atoms with Gasteiger partial charge in [-0.3, -0.25) is 9.69 Å². The minimum absolute atomic E-state index is 0.00307. The molecule has 172 valence electrons. The fraction of sp³-hybridized carbons (Fsp3) is 0.296. The van der Waals surface area contributed by atoms with Gasteiger partial charge in [0.05, 0.1) is 27.4 Å². The maximum absolute atomic E-state index is 12.9. The molecule has 1 aliphatic heterocycles. The van der Waals surface area contributed by atoms with E-state index >= 15 is 0 Å². The molecule has 0 aromatic heterocycles. The number of hydrogen-bond donors (Lipinski definition) is 1. The molecule has 1 N–H and O–H groups in total. The van der Waals surface area contributed by atoms with Gasteiger partial charge < -0.3 is 19.5 Å². The number of methoxy groups -OCH3 is 3. The number of carbonyl (C=O) groups excluding carboxylic acids is 1. The molecule has 33 heavy (non-hydrogen) atoms. The fourth-order valence-electron chi connectivity index (χ4n) is 4.38. The van der Waals surface area contributed by atoms with E-state index in [9.17, 15) is 4.79 Å². The zero-order valence-electron chi connectivity index (χ0n) is 19.3. The van der Waals surface area contributed by atoms with Crippen LogP contribution in [0.25, 0.3) is 0 Å². The molecule has 6 nitrogen and oxygen atoms in total. The minimum atomic E-state index is -0.124. The molecular weight excluding hydrogens is 416 g/mol. The second-order valence-electron chi connectivity index (χ2n) is 8.07. The molecule has 0 spiro atoms. The van der Waals surface area contributed by atoms with E-state index in [4.69, 9.17) is 14.2 Å². The highest BCUT2D eigenvalue weighted by Gasteiger charge is 2.29. The lowest BCUT2D eigenvalue weighted by molar-refractivity contribution is 0.0925. The molecule has 0 unspecified atom stereocenters. The summed E-state index contributed by atoms with van der Waals surface area (Å²) in [4.78, 5) is 15.3. The van der Waals surface area contributed by atoms with Crippen molar-refractivity contribution in [1.82, 2.24) is 10.2 Å². The number of fused-ring (bicyclic) bond motifs is 1. The maximum Gasteiger partial charge on any atom is 0.251 e. The van der Waals surface area contributed by atoms with Gasteiger partial charge in [0, 0.05) is 25.2 Å². The first-order chi connectivity index (χ1) is 16.1. The summed E-state index contributed by atoms with van der Waals surface area (Å²) in [5.41, 5.74) is 4.19. The van der Waals surface area contributed by atoms with Crippen LogP contribution in [-0.2, 0) is 13.0 Å². The molecule has 0 saturated carbocycles. The Morgan fingerprint density at radius 1 is 0.939 bits per heavy atom. The van der Waals surface area contributed by atoms with Gasteiger partial charge in [0.1, 0.15) is 5.75 Å². The quantitative estimate of drug-likeness (QED) is 0.561. The van der Waals surface area contributed by atoms with Crippen LogP contribution in [0.15, 0.2) is 66.7 Å². The second kappa shape index (κ2) is 10.4. The van der Waals surface area contributed by atoms with E-state index in [-0.39, 0.29) is 11.9 Å². The van der Waals surface area contributed by atoms with Crippen molar-refractivity contribution in [2.24, 2.45) is 0 Å². The van der Waals surface area contributed by atoms with Crippen molar-refractivity contribution in [2.75, 3.05) is 34.4 Å². The summed E-state index contributed by atoms with van der Waals surface area (Å²) in [5, 5.41) is 3.13. The van der Waals surface area contributed by atoms with Crippen molar-refractivity contribution in [3.63, 3.8) is 0 Å². The van der Waals surface area contributed by atoms with E-state index in [1.54, 1.807) is 33.5 Å². The summed E-state index contributed by atoms with van der Waals surface area (Å²) in [6.07, 6.45) is 0.906. The maximum atomic E-state index is 12.9. The zero-order valence-corrected chi connectivity index (χ0v) is 19.3. The monoisotopic (exact) mass is 446 g/mol. The van der Waals surface area contributed by atoms with E-state index in [1.807, 2.05) is 24.3 Å². The van der Waals surface area contributed by atoms with E-state index in [1.165, 1.54) is 11.1 Å². The second-order valence-corrected chi connectivity index (χ2v) is 8.07. The molecule has 1 heterocycles. The SMILES string of the molecule is COc1cccc(C(=O)NC[C@@H]2c3cc(OC)c(OC)cc3CCN2Cc2ccccc2)c1. The summed E-state index contributed by atoms with van der Waals surface area (Å²) in [5.74, 6) is 1.96. The molecule has 0 saturated heterocycles. The number of nitrogens with zero attached hydrogens (tertiary/aromatic N) is 1. The van der Waals surface area contributed by atoms with Crippen molar-refractivity contribution in [3.8, 4) is 17.2 Å². The van der Waals surface area contributed by atoms with Gasteiger partial charge >= 0.3 is 0 Å². The topological polar surface area (TPSA) is 60.0 Å². The molecular formula is C27H30N2O4. The Morgan fingerprint density at radius 2 is 1.70 bits per heavy atom. The number of benzene rings is 3. The molecule has 0 bridgehead atoms. The molecule has 4 rings (SSSR count). The lowest BCUT2D eigenvalue weighted by atomic mass is 9.91. The molecule has 0 fully saturated rings.